The molecule has 0 aromatic rings. The van der Waals surface area contributed by atoms with Crippen LogP contribution in [0.4, 0.5) is 0 Å². The number of carbonyl (C=O) groups excluding carboxylic acids is 1. The van der Waals surface area contributed by atoms with Crippen LogP contribution in [-0.4, -0.2) is 50.4 Å². The average molecular weight is 368 g/mol. The lowest BCUT2D eigenvalue weighted by molar-refractivity contribution is -0.162. The molecule has 7 heteroatoms. The molecule has 26 heavy (non-hydrogen) atoms. The van der Waals surface area contributed by atoms with E-state index in [9.17, 15) is 4.79 Å². The van der Waals surface area contributed by atoms with Crippen LogP contribution < -0.4 is 0 Å². The highest BCUT2D eigenvalue weighted by Crippen LogP contribution is 2.39. The summed E-state index contributed by atoms with van der Waals surface area (Å²) in [5, 5.41) is 0. The van der Waals surface area contributed by atoms with Gasteiger partial charge in [0.05, 0.1) is 24.4 Å². The van der Waals surface area contributed by atoms with Crippen LogP contribution in [0.2, 0.25) is 0 Å². The van der Waals surface area contributed by atoms with Gasteiger partial charge >= 0.3 is 13.1 Å². The molecule has 0 amide bonds. The molecular formula is C19H33BO6. The summed E-state index contributed by atoms with van der Waals surface area (Å²) in [6.45, 7) is 11.5. The lowest BCUT2D eigenvalue weighted by Gasteiger charge is -2.32. The highest BCUT2D eigenvalue weighted by atomic mass is 16.7. The SMILES string of the molecule is CCOC(=O)/C=C(/CCCOC1CCCCO1)B1OC(C)(C)C(C)(C)O1. The van der Waals surface area contributed by atoms with Crippen molar-refractivity contribution in [2.24, 2.45) is 0 Å². The van der Waals surface area contributed by atoms with E-state index in [0.29, 0.717) is 19.6 Å². The van der Waals surface area contributed by atoms with E-state index < -0.39 is 18.3 Å². The molecule has 2 fully saturated rings. The van der Waals surface area contributed by atoms with Gasteiger partial charge in [-0.1, -0.05) is 0 Å². The van der Waals surface area contributed by atoms with Crippen molar-refractivity contribution >= 4 is 13.1 Å². The van der Waals surface area contributed by atoms with Gasteiger partial charge in [0.1, 0.15) is 0 Å². The van der Waals surface area contributed by atoms with E-state index in [1.54, 1.807) is 6.92 Å². The molecule has 2 saturated heterocycles. The third kappa shape index (κ3) is 5.81. The predicted octanol–water partition coefficient (Wildman–Crippen LogP) is 3.43. The summed E-state index contributed by atoms with van der Waals surface area (Å²) in [4.78, 5) is 12.0. The minimum Gasteiger partial charge on any atom is -0.463 e. The Hall–Kier alpha value is -0.885. The van der Waals surface area contributed by atoms with Gasteiger partial charge in [-0.2, -0.15) is 0 Å². The topological polar surface area (TPSA) is 63.2 Å². The van der Waals surface area contributed by atoms with Gasteiger partial charge < -0.3 is 23.5 Å². The summed E-state index contributed by atoms with van der Waals surface area (Å²) in [6, 6.07) is 0. The van der Waals surface area contributed by atoms with Gasteiger partial charge in [0.15, 0.2) is 6.29 Å². The Bertz CT molecular complexity index is 480. The molecule has 0 N–H and O–H groups in total. The van der Waals surface area contributed by atoms with Crippen molar-refractivity contribution in [2.75, 3.05) is 19.8 Å². The largest absolute Gasteiger partial charge is 0.490 e. The third-order valence-corrected chi connectivity index (χ3v) is 5.20. The first-order valence-electron chi connectivity index (χ1n) is 9.71. The van der Waals surface area contributed by atoms with Crippen LogP contribution in [0.1, 0.15) is 66.7 Å². The fourth-order valence-corrected chi connectivity index (χ4v) is 2.92. The highest BCUT2D eigenvalue weighted by molar-refractivity contribution is 6.55. The summed E-state index contributed by atoms with van der Waals surface area (Å²) in [7, 11) is -0.546. The Kier molecular flexibility index (Phi) is 7.70. The number of ether oxygens (including phenoxy) is 3. The zero-order chi connectivity index (χ0) is 19.2. The average Bonchev–Trinajstić information content (AvgIpc) is 2.79. The normalized spacial score (nSPS) is 25.3. The van der Waals surface area contributed by atoms with Crippen molar-refractivity contribution in [3.05, 3.63) is 11.5 Å². The second kappa shape index (κ2) is 9.35. The molecule has 0 radical (unpaired) electrons. The summed E-state index contributed by atoms with van der Waals surface area (Å²) >= 11 is 0. The van der Waals surface area contributed by atoms with Crippen molar-refractivity contribution in [3.63, 3.8) is 0 Å². The van der Waals surface area contributed by atoms with E-state index >= 15 is 0 Å². The minimum absolute atomic E-state index is 0.0990. The van der Waals surface area contributed by atoms with E-state index in [4.69, 9.17) is 23.5 Å². The fourth-order valence-electron chi connectivity index (χ4n) is 2.92. The molecule has 2 rings (SSSR count). The molecule has 0 aliphatic carbocycles. The Morgan fingerprint density at radius 3 is 2.46 bits per heavy atom. The first-order valence-corrected chi connectivity index (χ1v) is 9.71. The van der Waals surface area contributed by atoms with Crippen LogP contribution in [0, 0.1) is 0 Å². The summed E-state index contributed by atoms with van der Waals surface area (Å²) in [6.07, 6.45) is 6.00. The van der Waals surface area contributed by atoms with Gasteiger partial charge in [-0.05, 0) is 72.2 Å². The van der Waals surface area contributed by atoms with Crippen molar-refractivity contribution in [3.8, 4) is 0 Å². The molecule has 1 unspecified atom stereocenters. The smallest absolute Gasteiger partial charge is 0.463 e. The maximum Gasteiger partial charge on any atom is 0.490 e. The minimum atomic E-state index is -0.546. The Morgan fingerprint density at radius 1 is 1.19 bits per heavy atom. The molecule has 0 aromatic heterocycles. The first-order chi connectivity index (χ1) is 12.2. The van der Waals surface area contributed by atoms with Crippen LogP contribution in [-0.2, 0) is 28.3 Å². The molecule has 6 nitrogen and oxygen atoms in total. The lowest BCUT2D eigenvalue weighted by atomic mass is 9.75. The molecule has 0 bridgehead atoms. The lowest BCUT2D eigenvalue weighted by Crippen LogP contribution is -2.41. The van der Waals surface area contributed by atoms with Crippen molar-refractivity contribution in [1.29, 1.82) is 0 Å². The first kappa shape index (κ1) is 21.4. The van der Waals surface area contributed by atoms with Crippen molar-refractivity contribution in [1.82, 2.24) is 0 Å². The number of carbonyl (C=O) groups is 1. The van der Waals surface area contributed by atoms with Gasteiger partial charge in [-0.3, -0.25) is 0 Å². The van der Waals surface area contributed by atoms with E-state index in [1.165, 1.54) is 6.08 Å². The number of rotatable bonds is 8. The third-order valence-electron chi connectivity index (χ3n) is 5.20. The van der Waals surface area contributed by atoms with Crippen LogP contribution in [0.5, 0.6) is 0 Å². The van der Waals surface area contributed by atoms with Gasteiger partial charge in [-0.15, -0.1) is 0 Å². The molecule has 148 valence electrons. The molecule has 1 atom stereocenters. The summed E-state index contributed by atoms with van der Waals surface area (Å²) < 4.78 is 28.6. The number of allylic oxidation sites excluding steroid dienone is 1. The van der Waals surface area contributed by atoms with Gasteiger partial charge in [0.2, 0.25) is 0 Å². The Labute approximate surface area is 157 Å². The molecule has 2 heterocycles. The maximum atomic E-state index is 12.0. The number of hydrogen-bond donors (Lipinski definition) is 0. The van der Waals surface area contributed by atoms with Crippen LogP contribution in [0.15, 0.2) is 11.5 Å². The molecule has 2 aliphatic rings. The molecular weight excluding hydrogens is 335 g/mol. The molecule has 0 spiro atoms. The zero-order valence-electron chi connectivity index (χ0n) is 16.8. The number of hydrogen-bond acceptors (Lipinski definition) is 6. The monoisotopic (exact) mass is 368 g/mol. The maximum absolute atomic E-state index is 12.0. The van der Waals surface area contributed by atoms with Crippen LogP contribution >= 0.6 is 0 Å². The predicted molar refractivity (Wildman–Crippen MR) is 99.6 cm³/mol. The van der Waals surface area contributed by atoms with E-state index in [-0.39, 0.29) is 12.3 Å². The van der Waals surface area contributed by atoms with Gasteiger partial charge in [0, 0.05) is 12.7 Å². The van der Waals surface area contributed by atoms with E-state index in [1.807, 2.05) is 27.7 Å². The van der Waals surface area contributed by atoms with Crippen LogP contribution in [0.3, 0.4) is 0 Å². The Balaban J connectivity index is 1.92. The fraction of sp³-hybridized carbons (Fsp3) is 0.842. The second-order valence-electron chi connectivity index (χ2n) is 7.83. The highest BCUT2D eigenvalue weighted by Gasteiger charge is 2.52. The van der Waals surface area contributed by atoms with Crippen LogP contribution in [0.25, 0.3) is 0 Å². The molecule has 0 aromatic carbocycles. The zero-order valence-corrected chi connectivity index (χ0v) is 16.8. The quantitative estimate of drug-likeness (QED) is 0.283. The summed E-state index contributed by atoms with van der Waals surface area (Å²) in [5.74, 6) is -0.367. The standard InChI is InChI=1S/C19H33BO6/c1-6-22-16(21)14-15(20-25-18(2,3)19(4,5)26-20)10-9-13-24-17-11-7-8-12-23-17/h14,17H,6-13H2,1-5H3/b15-14-. The van der Waals surface area contributed by atoms with Crippen molar-refractivity contribution < 1.29 is 28.3 Å². The Morgan fingerprint density at radius 2 is 1.88 bits per heavy atom. The van der Waals surface area contributed by atoms with Crippen molar-refractivity contribution in [2.45, 2.75) is 84.2 Å². The summed E-state index contributed by atoms with van der Waals surface area (Å²) in [5.41, 5.74) is -0.106. The van der Waals surface area contributed by atoms with Gasteiger partial charge in [0.25, 0.3) is 0 Å². The molecule has 0 saturated carbocycles. The van der Waals surface area contributed by atoms with E-state index in [2.05, 4.69) is 0 Å². The molecule has 2 aliphatic heterocycles. The second-order valence-corrected chi connectivity index (χ2v) is 7.83. The van der Waals surface area contributed by atoms with Gasteiger partial charge in [-0.25, -0.2) is 4.79 Å². The van der Waals surface area contributed by atoms with E-state index in [0.717, 1.165) is 37.8 Å². The number of esters is 1.